The fourth-order valence-corrected chi connectivity index (χ4v) is 3.36. The van der Waals surface area contributed by atoms with Crippen LogP contribution >= 0.6 is 0 Å². The summed E-state index contributed by atoms with van der Waals surface area (Å²) in [4.78, 5) is 31.0. The second-order valence-electron chi connectivity index (χ2n) is 6.57. The predicted molar refractivity (Wildman–Crippen MR) is 109 cm³/mol. The Morgan fingerprint density at radius 3 is 2.57 bits per heavy atom. The van der Waals surface area contributed by atoms with Crippen molar-refractivity contribution in [3.8, 4) is 5.75 Å². The molecule has 0 bridgehead atoms. The minimum absolute atomic E-state index is 0.000631. The van der Waals surface area contributed by atoms with Crippen molar-refractivity contribution in [2.24, 2.45) is 0 Å². The molecule has 1 aromatic carbocycles. The lowest BCUT2D eigenvalue weighted by atomic mass is 9.96. The Balaban J connectivity index is 2.00. The van der Waals surface area contributed by atoms with E-state index in [0.717, 1.165) is 0 Å². The summed E-state index contributed by atoms with van der Waals surface area (Å²) in [6, 6.07) is 9.32. The molecule has 0 unspecified atom stereocenters. The van der Waals surface area contributed by atoms with Crippen LogP contribution in [-0.2, 0) is 14.3 Å². The van der Waals surface area contributed by atoms with E-state index in [0.29, 0.717) is 23.5 Å². The van der Waals surface area contributed by atoms with E-state index in [4.69, 9.17) is 14.6 Å². The summed E-state index contributed by atoms with van der Waals surface area (Å²) in [5.41, 5.74) is 1.01. The quantitative estimate of drug-likeness (QED) is 0.280. The summed E-state index contributed by atoms with van der Waals surface area (Å²) in [5.74, 6) is -1.11. The third-order valence-corrected chi connectivity index (χ3v) is 4.69. The van der Waals surface area contributed by atoms with Crippen molar-refractivity contribution in [2.45, 2.75) is 13.0 Å². The molecule has 2 N–H and O–H groups in total. The van der Waals surface area contributed by atoms with Crippen LogP contribution in [0.15, 0.2) is 54.4 Å². The van der Waals surface area contributed by atoms with Crippen LogP contribution in [0.25, 0.3) is 5.76 Å². The maximum absolute atomic E-state index is 12.8. The molecule has 1 aromatic heterocycles. The molecule has 30 heavy (non-hydrogen) atoms. The smallest absolute Gasteiger partial charge is 0.295 e. The molecule has 1 atom stereocenters. The van der Waals surface area contributed by atoms with E-state index in [1.54, 1.807) is 48.8 Å². The number of rotatable bonds is 9. The van der Waals surface area contributed by atoms with Crippen LogP contribution in [0.2, 0.25) is 0 Å². The molecule has 3 rings (SSSR count). The van der Waals surface area contributed by atoms with Gasteiger partial charge in [-0.05, 0) is 42.8 Å². The van der Waals surface area contributed by atoms with Gasteiger partial charge in [0.1, 0.15) is 11.5 Å². The van der Waals surface area contributed by atoms with Gasteiger partial charge in [0.05, 0.1) is 38.0 Å². The van der Waals surface area contributed by atoms with Crippen LogP contribution in [-0.4, -0.2) is 64.8 Å². The first-order valence-corrected chi connectivity index (χ1v) is 9.68. The number of pyridine rings is 1. The van der Waals surface area contributed by atoms with Crippen molar-refractivity contribution >= 4 is 17.4 Å². The Kier molecular flexibility index (Phi) is 7.16. The molecule has 0 spiro atoms. The summed E-state index contributed by atoms with van der Waals surface area (Å²) < 4.78 is 10.7. The van der Waals surface area contributed by atoms with Crippen LogP contribution in [0.4, 0.5) is 0 Å². The second kappa shape index (κ2) is 10.00. The Morgan fingerprint density at radius 1 is 1.17 bits per heavy atom. The van der Waals surface area contributed by atoms with Gasteiger partial charge in [0.25, 0.3) is 11.7 Å². The molecule has 2 aromatic rings. The lowest BCUT2D eigenvalue weighted by Crippen LogP contribution is -2.33. The second-order valence-corrected chi connectivity index (χ2v) is 6.57. The first-order chi connectivity index (χ1) is 14.6. The number of carbonyl (C=O) groups excluding carboxylic acids is 2. The molecule has 158 valence electrons. The van der Waals surface area contributed by atoms with Crippen molar-refractivity contribution in [2.75, 3.05) is 33.0 Å². The zero-order valence-corrected chi connectivity index (χ0v) is 16.7. The molecule has 8 heteroatoms. The van der Waals surface area contributed by atoms with Gasteiger partial charge in [-0.25, -0.2) is 0 Å². The molecule has 0 aliphatic carbocycles. The highest BCUT2D eigenvalue weighted by Crippen LogP contribution is 2.39. The minimum Gasteiger partial charge on any atom is -0.507 e. The number of aliphatic hydroxyl groups excluding tert-OH is 2. The SMILES string of the molecule is CCOc1ccc(C(O)=C2C(=O)C(=O)N(CCOCCO)[C@H]2c2cccnc2)cc1. The summed E-state index contributed by atoms with van der Waals surface area (Å²) in [7, 11) is 0. The molecule has 1 aliphatic heterocycles. The lowest BCUT2D eigenvalue weighted by molar-refractivity contribution is -0.140. The molecule has 1 saturated heterocycles. The van der Waals surface area contributed by atoms with E-state index in [-0.39, 0.29) is 37.7 Å². The van der Waals surface area contributed by atoms with Gasteiger partial charge >= 0.3 is 0 Å². The number of ketones is 1. The van der Waals surface area contributed by atoms with E-state index in [1.165, 1.54) is 4.90 Å². The number of amides is 1. The summed E-state index contributed by atoms with van der Waals surface area (Å²) >= 11 is 0. The Labute approximate surface area is 174 Å². The lowest BCUT2D eigenvalue weighted by Gasteiger charge is -2.25. The zero-order valence-electron chi connectivity index (χ0n) is 16.7. The highest BCUT2D eigenvalue weighted by molar-refractivity contribution is 6.46. The predicted octanol–water partition coefficient (Wildman–Crippen LogP) is 1.91. The average Bonchev–Trinajstić information content (AvgIpc) is 3.02. The molecular weight excluding hydrogens is 388 g/mol. The Morgan fingerprint density at radius 2 is 1.93 bits per heavy atom. The number of Topliss-reactive ketones (excluding diaryl/α,β-unsaturated/α-hetero) is 1. The fourth-order valence-electron chi connectivity index (χ4n) is 3.36. The van der Waals surface area contributed by atoms with Crippen molar-refractivity contribution in [3.05, 3.63) is 65.5 Å². The standard InChI is InChI=1S/C22H24N2O6/c1-2-30-17-7-5-15(6-8-17)20(26)18-19(16-4-3-9-23-14-16)24(22(28)21(18)27)10-12-29-13-11-25/h3-9,14,19,25-26H,2,10-13H2,1H3/t19-/m0/s1. The molecule has 8 nitrogen and oxygen atoms in total. The number of hydrogen-bond acceptors (Lipinski definition) is 7. The number of likely N-dealkylation sites (tertiary alicyclic amines) is 1. The van der Waals surface area contributed by atoms with Crippen LogP contribution in [0.3, 0.4) is 0 Å². The summed E-state index contributed by atoms with van der Waals surface area (Å²) in [6.07, 6.45) is 3.15. The minimum atomic E-state index is -0.789. The topological polar surface area (TPSA) is 109 Å². The summed E-state index contributed by atoms with van der Waals surface area (Å²) in [6.45, 7) is 2.65. The monoisotopic (exact) mass is 412 g/mol. The number of carbonyl (C=O) groups is 2. The summed E-state index contributed by atoms with van der Waals surface area (Å²) in [5, 5.41) is 19.8. The zero-order chi connectivity index (χ0) is 21.5. The van der Waals surface area contributed by atoms with E-state index in [2.05, 4.69) is 4.98 Å². The number of aliphatic hydroxyl groups is 2. The van der Waals surface area contributed by atoms with Crippen LogP contribution in [0, 0.1) is 0 Å². The van der Waals surface area contributed by atoms with E-state index in [9.17, 15) is 14.7 Å². The number of aromatic nitrogens is 1. The Hall–Kier alpha value is -3.23. The molecule has 1 aliphatic rings. The van der Waals surface area contributed by atoms with Gasteiger partial charge in [-0.1, -0.05) is 6.07 Å². The number of ether oxygens (including phenoxy) is 2. The fraction of sp³-hybridized carbons (Fsp3) is 0.318. The molecule has 1 amide bonds. The van der Waals surface area contributed by atoms with Crippen molar-refractivity contribution in [1.82, 2.24) is 9.88 Å². The molecule has 0 radical (unpaired) electrons. The number of benzene rings is 1. The first kappa shape index (κ1) is 21.5. The maximum atomic E-state index is 12.8. The van der Waals surface area contributed by atoms with Crippen LogP contribution in [0.1, 0.15) is 24.1 Å². The average molecular weight is 412 g/mol. The van der Waals surface area contributed by atoms with Gasteiger partial charge in [-0.3, -0.25) is 14.6 Å². The third kappa shape index (κ3) is 4.50. The number of nitrogens with zero attached hydrogens (tertiary/aromatic N) is 2. The highest BCUT2D eigenvalue weighted by atomic mass is 16.5. The molecule has 2 heterocycles. The maximum Gasteiger partial charge on any atom is 0.295 e. The van der Waals surface area contributed by atoms with Gasteiger partial charge in [0, 0.05) is 24.5 Å². The first-order valence-electron chi connectivity index (χ1n) is 9.68. The van der Waals surface area contributed by atoms with Gasteiger partial charge < -0.3 is 24.6 Å². The van der Waals surface area contributed by atoms with Gasteiger partial charge in [0.15, 0.2) is 0 Å². The van der Waals surface area contributed by atoms with Crippen molar-refractivity contribution < 1.29 is 29.3 Å². The van der Waals surface area contributed by atoms with Crippen LogP contribution in [0.5, 0.6) is 5.75 Å². The van der Waals surface area contributed by atoms with Gasteiger partial charge in [0.2, 0.25) is 0 Å². The molecular formula is C22H24N2O6. The van der Waals surface area contributed by atoms with E-state index < -0.39 is 17.7 Å². The van der Waals surface area contributed by atoms with Crippen molar-refractivity contribution in [3.63, 3.8) is 0 Å². The van der Waals surface area contributed by atoms with Crippen LogP contribution < -0.4 is 4.74 Å². The normalized spacial score (nSPS) is 18.1. The number of hydrogen-bond donors (Lipinski definition) is 2. The molecule has 1 fully saturated rings. The molecule has 0 saturated carbocycles. The van der Waals surface area contributed by atoms with E-state index in [1.807, 2.05) is 6.92 Å². The van der Waals surface area contributed by atoms with E-state index >= 15 is 0 Å². The third-order valence-electron chi connectivity index (χ3n) is 4.69. The largest absolute Gasteiger partial charge is 0.507 e. The van der Waals surface area contributed by atoms with Crippen molar-refractivity contribution in [1.29, 1.82) is 0 Å². The van der Waals surface area contributed by atoms with Gasteiger partial charge in [-0.15, -0.1) is 0 Å². The Bertz CT molecular complexity index is 911. The van der Waals surface area contributed by atoms with Gasteiger partial charge in [-0.2, -0.15) is 0 Å². The highest BCUT2D eigenvalue weighted by Gasteiger charge is 2.45.